The molecule has 1 amide bonds. The van der Waals surface area contributed by atoms with Crippen molar-refractivity contribution in [3.05, 3.63) is 95.8 Å². The molecule has 1 heterocycles. The van der Waals surface area contributed by atoms with Gasteiger partial charge in [0.15, 0.2) is 5.16 Å². The van der Waals surface area contributed by atoms with Crippen LogP contribution in [0.25, 0.3) is 5.69 Å². The van der Waals surface area contributed by atoms with Crippen molar-refractivity contribution in [1.82, 2.24) is 20.1 Å². The van der Waals surface area contributed by atoms with Gasteiger partial charge in [-0.3, -0.25) is 9.36 Å². The Morgan fingerprint density at radius 2 is 1.69 bits per heavy atom. The van der Waals surface area contributed by atoms with Gasteiger partial charge in [-0.2, -0.15) is 0 Å². The van der Waals surface area contributed by atoms with E-state index in [0.717, 1.165) is 22.6 Å². The molecule has 0 saturated carbocycles. The summed E-state index contributed by atoms with van der Waals surface area (Å²) in [6, 6.07) is 25.4. The first-order valence-electron chi connectivity index (χ1n) is 11.3. The van der Waals surface area contributed by atoms with Gasteiger partial charge in [0.2, 0.25) is 5.91 Å². The first-order valence-corrected chi connectivity index (χ1v) is 12.3. The van der Waals surface area contributed by atoms with E-state index in [1.165, 1.54) is 11.8 Å². The van der Waals surface area contributed by atoms with E-state index < -0.39 is 0 Å². The number of para-hydroxylation sites is 1. The van der Waals surface area contributed by atoms with Gasteiger partial charge in [0.1, 0.15) is 17.3 Å². The largest absolute Gasteiger partial charge is 0.497 e. The Morgan fingerprint density at radius 3 is 2.37 bits per heavy atom. The Balaban J connectivity index is 1.49. The summed E-state index contributed by atoms with van der Waals surface area (Å²) < 4.78 is 12.8. The van der Waals surface area contributed by atoms with Gasteiger partial charge in [-0.1, -0.05) is 60.3 Å². The van der Waals surface area contributed by atoms with E-state index in [4.69, 9.17) is 9.47 Å². The molecular formula is C27H28N4O3S. The number of ether oxygens (including phenoxy) is 2. The Bertz CT molecular complexity index is 1260. The average molecular weight is 489 g/mol. The van der Waals surface area contributed by atoms with Crippen LogP contribution in [0, 0.1) is 0 Å². The van der Waals surface area contributed by atoms with Crippen molar-refractivity contribution < 1.29 is 14.3 Å². The number of rotatable bonds is 10. The predicted molar refractivity (Wildman–Crippen MR) is 137 cm³/mol. The molecule has 0 fully saturated rings. The third-order valence-corrected chi connectivity index (χ3v) is 6.46. The van der Waals surface area contributed by atoms with Crippen molar-refractivity contribution in [3.8, 4) is 17.2 Å². The Kier molecular flexibility index (Phi) is 8.05. The predicted octanol–water partition coefficient (Wildman–Crippen LogP) is 4.84. The number of carbonyl (C=O) groups excluding carboxylic acids is 1. The van der Waals surface area contributed by atoms with E-state index in [1.807, 2.05) is 78.2 Å². The Hall–Kier alpha value is -3.78. The molecule has 0 aliphatic rings. The summed E-state index contributed by atoms with van der Waals surface area (Å²) in [5, 5.41) is 12.6. The van der Waals surface area contributed by atoms with Gasteiger partial charge in [0.25, 0.3) is 0 Å². The molecule has 1 aromatic heterocycles. The van der Waals surface area contributed by atoms with Crippen molar-refractivity contribution in [3.63, 3.8) is 0 Å². The standard InChI is InChI=1S/C27H28N4O3S/c1-19(23-17-22(33-2)14-15-24(23)34-3)28-26(32)18-35-27-30-29-25(16-20-10-6-4-7-11-20)31(27)21-12-8-5-9-13-21/h4-15,17,19H,16,18H2,1-3H3,(H,28,32). The molecule has 180 valence electrons. The van der Waals surface area contributed by atoms with Crippen LogP contribution in [0.1, 0.15) is 29.9 Å². The Morgan fingerprint density at radius 1 is 0.971 bits per heavy atom. The molecule has 3 aromatic carbocycles. The quantitative estimate of drug-likeness (QED) is 0.322. The van der Waals surface area contributed by atoms with E-state index in [2.05, 4.69) is 27.6 Å². The minimum atomic E-state index is -0.256. The molecule has 8 heteroatoms. The SMILES string of the molecule is COc1ccc(OC)c(C(C)NC(=O)CSc2nnc(Cc3ccccc3)n2-c2ccccc2)c1. The van der Waals surface area contributed by atoms with Gasteiger partial charge in [-0.25, -0.2) is 0 Å². The normalized spacial score (nSPS) is 11.6. The molecule has 1 N–H and O–H groups in total. The van der Waals surface area contributed by atoms with Gasteiger partial charge in [-0.15, -0.1) is 10.2 Å². The highest BCUT2D eigenvalue weighted by molar-refractivity contribution is 7.99. The number of benzene rings is 3. The second kappa shape index (κ2) is 11.6. The fraction of sp³-hybridized carbons (Fsp3) is 0.222. The second-order valence-electron chi connectivity index (χ2n) is 7.92. The van der Waals surface area contributed by atoms with Crippen LogP contribution in [-0.2, 0) is 11.2 Å². The van der Waals surface area contributed by atoms with Crippen LogP contribution in [0.15, 0.2) is 84.0 Å². The van der Waals surface area contributed by atoms with Crippen molar-refractivity contribution in [2.24, 2.45) is 0 Å². The highest BCUT2D eigenvalue weighted by Gasteiger charge is 2.19. The summed E-state index contributed by atoms with van der Waals surface area (Å²) in [6.07, 6.45) is 0.641. The highest BCUT2D eigenvalue weighted by atomic mass is 32.2. The lowest BCUT2D eigenvalue weighted by molar-refractivity contribution is -0.119. The number of methoxy groups -OCH3 is 2. The molecule has 4 rings (SSSR count). The zero-order chi connectivity index (χ0) is 24.6. The topological polar surface area (TPSA) is 78.3 Å². The maximum Gasteiger partial charge on any atom is 0.230 e. The average Bonchev–Trinajstić information content (AvgIpc) is 3.30. The van der Waals surface area contributed by atoms with Crippen LogP contribution in [-0.4, -0.2) is 40.6 Å². The van der Waals surface area contributed by atoms with Crippen LogP contribution in [0.5, 0.6) is 11.5 Å². The molecule has 0 spiro atoms. The van der Waals surface area contributed by atoms with Crippen LogP contribution in [0.4, 0.5) is 0 Å². The van der Waals surface area contributed by atoms with E-state index in [0.29, 0.717) is 23.1 Å². The van der Waals surface area contributed by atoms with Gasteiger partial charge in [-0.05, 0) is 42.8 Å². The smallest absolute Gasteiger partial charge is 0.230 e. The molecule has 35 heavy (non-hydrogen) atoms. The first kappa shape index (κ1) is 24.3. The lowest BCUT2D eigenvalue weighted by atomic mass is 10.1. The number of aromatic nitrogens is 3. The maximum atomic E-state index is 12.8. The summed E-state index contributed by atoms with van der Waals surface area (Å²) in [5.74, 6) is 2.31. The van der Waals surface area contributed by atoms with Crippen LogP contribution in [0.2, 0.25) is 0 Å². The minimum absolute atomic E-state index is 0.111. The molecule has 7 nitrogen and oxygen atoms in total. The number of nitrogens with zero attached hydrogens (tertiary/aromatic N) is 3. The van der Waals surface area contributed by atoms with Crippen LogP contribution in [0.3, 0.4) is 0 Å². The summed E-state index contributed by atoms with van der Waals surface area (Å²) in [7, 11) is 3.22. The van der Waals surface area contributed by atoms with E-state index in [1.54, 1.807) is 14.2 Å². The second-order valence-corrected chi connectivity index (χ2v) is 8.86. The number of carbonyl (C=O) groups is 1. The minimum Gasteiger partial charge on any atom is -0.497 e. The summed E-state index contributed by atoms with van der Waals surface area (Å²) in [5.41, 5.74) is 2.95. The van der Waals surface area contributed by atoms with Gasteiger partial charge < -0.3 is 14.8 Å². The van der Waals surface area contributed by atoms with Crippen LogP contribution < -0.4 is 14.8 Å². The number of hydrogen-bond acceptors (Lipinski definition) is 6. The molecule has 0 aliphatic heterocycles. The zero-order valence-electron chi connectivity index (χ0n) is 20.0. The van der Waals surface area contributed by atoms with Crippen molar-refractivity contribution in [2.45, 2.75) is 24.5 Å². The molecule has 1 unspecified atom stereocenters. The molecular weight excluding hydrogens is 460 g/mol. The highest BCUT2D eigenvalue weighted by Crippen LogP contribution is 2.29. The summed E-state index contributed by atoms with van der Waals surface area (Å²) >= 11 is 1.36. The molecule has 0 saturated heterocycles. The van der Waals surface area contributed by atoms with E-state index >= 15 is 0 Å². The number of hydrogen-bond donors (Lipinski definition) is 1. The molecule has 0 aliphatic carbocycles. The molecule has 0 bridgehead atoms. The fourth-order valence-electron chi connectivity index (χ4n) is 3.79. The molecule has 0 radical (unpaired) electrons. The number of amides is 1. The van der Waals surface area contributed by atoms with Crippen molar-refractivity contribution in [2.75, 3.05) is 20.0 Å². The Labute approximate surface area is 209 Å². The van der Waals surface area contributed by atoms with E-state index in [-0.39, 0.29) is 17.7 Å². The zero-order valence-corrected chi connectivity index (χ0v) is 20.8. The number of thioether (sulfide) groups is 1. The van der Waals surface area contributed by atoms with Gasteiger partial charge in [0.05, 0.1) is 26.0 Å². The lowest BCUT2D eigenvalue weighted by Crippen LogP contribution is -2.28. The third kappa shape index (κ3) is 6.02. The third-order valence-electron chi connectivity index (χ3n) is 5.53. The van der Waals surface area contributed by atoms with Crippen molar-refractivity contribution >= 4 is 17.7 Å². The fourth-order valence-corrected chi connectivity index (χ4v) is 4.57. The molecule has 4 aromatic rings. The summed E-state index contributed by atoms with van der Waals surface area (Å²) in [4.78, 5) is 12.8. The van der Waals surface area contributed by atoms with Gasteiger partial charge >= 0.3 is 0 Å². The first-order chi connectivity index (χ1) is 17.1. The van der Waals surface area contributed by atoms with Gasteiger partial charge in [0, 0.05) is 17.7 Å². The number of nitrogens with one attached hydrogen (secondary N) is 1. The lowest BCUT2D eigenvalue weighted by Gasteiger charge is -2.18. The maximum absolute atomic E-state index is 12.8. The van der Waals surface area contributed by atoms with Crippen molar-refractivity contribution in [1.29, 1.82) is 0 Å². The summed E-state index contributed by atoms with van der Waals surface area (Å²) in [6.45, 7) is 1.92. The monoisotopic (exact) mass is 488 g/mol. The van der Waals surface area contributed by atoms with Crippen LogP contribution >= 0.6 is 11.8 Å². The molecule has 1 atom stereocenters. The van der Waals surface area contributed by atoms with E-state index in [9.17, 15) is 4.79 Å².